The van der Waals surface area contributed by atoms with Gasteiger partial charge in [-0.25, -0.2) is 0 Å². The number of piperazine rings is 1. The Morgan fingerprint density at radius 1 is 1.43 bits per heavy atom. The van der Waals surface area contributed by atoms with Gasteiger partial charge in [0.15, 0.2) is 11.5 Å². The fourth-order valence-corrected chi connectivity index (χ4v) is 2.23. The highest BCUT2D eigenvalue weighted by Crippen LogP contribution is 2.09. The van der Waals surface area contributed by atoms with E-state index < -0.39 is 0 Å². The second-order valence-corrected chi connectivity index (χ2v) is 4.94. The molecule has 3 heterocycles. The van der Waals surface area contributed by atoms with Crippen LogP contribution in [-0.4, -0.2) is 51.9 Å². The number of hydrogen-bond donors (Lipinski definition) is 1. The first kappa shape index (κ1) is 15.5. The van der Waals surface area contributed by atoms with E-state index in [-0.39, 0.29) is 18.3 Å². The Kier molecular flexibility index (Phi) is 4.98. The van der Waals surface area contributed by atoms with Gasteiger partial charge in [0.25, 0.3) is 5.91 Å². The second-order valence-electron chi connectivity index (χ2n) is 4.94. The third-order valence-electron chi connectivity index (χ3n) is 3.26. The molecule has 1 N–H and O–H groups in total. The number of amides is 1. The minimum Gasteiger partial charge on any atom is -0.359 e. The summed E-state index contributed by atoms with van der Waals surface area (Å²) in [7, 11) is 0. The van der Waals surface area contributed by atoms with E-state index in [2.05, 4.69) is 15.6 Å². The van der Waals surface area contributed by atoms with Crippen LogP contribution in [0.25, 0.3) is 0 Å². The highest BCUT2D eigenvalue weighted by molar-refractivity contribution is 5.92. The highest BCUT2D eigenvalue weighted by atomic mass is 35.5. The molecular weight excluding hydrogens is 294 g/mol. The summed E-state index contributed by atoms with van der Waals surface area (Å²) < 4.78 is 6.97. The van der Waals surface area contributed by atoms with Gasteiger partial charge in [-0.15, -0.1) is 12.4 Å². The fraction of sp³-hybridized carbons (Fsp3) is 0.462. The van der Waals surface area contributed by atoms with Crippen LogP contribution in [0.2, 0.25) is 0 Å². The molecule has 0 radical (unpaired) electrons. The minimum absolute atomic E-state index is 0. The second kappa shape index (κ2) is 6.73. The molecule has 0 aromatic carbocycles. The Morgan fingerprint density at radius 2 is 2.19 bits per heavy atom. The molecule has 0 aliphatic carbocycles. The van der Waals surface area contributed by atoms with Crippen LogP contribution in [0, 0.1) is 6.92 Å². The van der Waals surface area contributed by atoms with Gasteiger partial charge >= 0.3 is 0 Å². The van der Waals surface area contributed by atoms with Crippen molar-refractivity contribution in [2.24, 2.45) is 0 Å². The van der Waals surface area contributed by atoms with Crippen LogP contribution in [-0.2, 0) is 6.54 Å². The van der Waals surface area contributed by atoms with Crippen molar-refractivity contribution >= 4 is 18.3 Å². The summed E-state index contributed by atoms with van der Waals surface area (Å²) in [5.74, 6) is 0.560. The number of halogens is 1. The molecule has 0 atom stereocenters. The lowest BCUT2D eigenvalue weighted by molar-refractivity contribution is 0.0725. The molecule has 2 aromatic heterocycles. The van der Waals surface area contributed by atoms with E-state index in [1.54, 1.807) is 21.8 Å². The van der Waals surface area contributed by atoms with Crippen LogP contribution in [0.5, 0.6) is 0 Å². The van der Waals surface area contributed by atoms with Gasteiger partial charge in [0, 0.05) is 38.4 Å². The molecule has 0 unspecified atom stereocenters. The van der Waals surface area contributed by atoms with Gasteiger partial charge in [-0.1, -0.05) is 5.16 Å². The van der Waals surface area contributed by atoms with Crippen molar-refractivity contribution in [2.75, 3.05) is 26.2 Å². The van der Waals surface area contributed by atoms with E-state index in [9.17, 15) is 4.79 Å². The van der Waals surface area contributed by atoms with Gasteiger partial charge in [-0.05, 0) is 12.5 Å². The van der Waals surface area contributed by atoms with Crippen molar-refractivity contribution in [3.63, 3.8) is 0 Å². The Bertz CT molecular complexity index is 603. The van der Waals surface area contributed by atoms with E-state index in [0.717, 1.165) is 18.7 Å². The van der Waals surface area contributed by atoms with Crippen LogP contribution >= 0.6 is 12.4 Å². The average molecular weight is 312 g/mol. The zero-order chi connectivity index (χ0) is 13.9. The molecule has 1 fully saturated rings. The summed E-state index contributed by atoms with van der Waals surface area (Å²) in [6.45, 7) is 5.52. The molecule has 1 amide bonds. The smallest absolute Gasteiger partial charge is 0.276 e. The summed E-state index contributed by atoms with van der Waals surface area (Å²) in [6.07, 6.45) is 3.70. The van der Waals surface area contributed by atoms with Gasteiger partial charge in [0.1, 0.15) is 6.54 Å². The zero-order valence-corrected chi connectivity index (χ0v) is 12.6. The van der Waals surface area contributed by atoms with E-state index in [1.807, 2.05) is 13.1 Å². The van der Waals surface area contributed by atoms with Crippen molar-refractivity contribution in [1.29, 1.82) is 0 Å². The van der Waals surface area contributed by atoms with E-state index in [4.69, 9.17) is 4.52 Å². The zero-order valence-electron chi connectivity index (χ0n) is 11.8. The Morgan fingerprint density at radius 3 is 2.86 bits per heavy atom. The van der Waals surface area contributed by atoms with Gasteiger partial charge < -0.3 is 14.7 Å². The van der Waals surface area contributed by atoms with Crippen LogP contribution in [0.15, 0.2) is 23.0 Å². The maximum atomic E-state index is 12.2. The highest BCUT2D eigenvalue weighted by Gasteiger charge is 2.21. The third kappa shape index (κ3) is 3.62. The first-order chi connectivity index (χ1) is 9.72. The molecule has 21 heavy (non-hydrogen) atoms. The molecule has 1 aliphatic rings. The normalized spacial score (nSPS) is 14.8. The Labute approximate surface area is 128 Å². The molecule has 7 nitrogen and oxygen atoms in total. The fourth-order valence-electron chi connectivity index (χ4n) is 2.23. The van der Waals surface area contributed by atoms with E-state index in [1.165, 1.54) is 0 Å². The van der Waals surface area contributed by atoms with Gasteiger partial charge in [0.05, 0.1) is 6.20 Å². The lowest BCUT2D eigenvalue weighted by Crippen LogP contribution is -2.46. The molecular formula is C13H18ClN5O2. The summed E-state index contributed by atoms with van der Waals surface area (Å²) in [5.41, 5.74) is 1.45. The standard InChI is InChI=1S/C13H17N5O2.ClH/c1-10-7-15-18(8-10)9-11-6-12(16-20-11)13(19)17-4-2-14-3-5-17;/h6-8,14H,2-5,9H2,1H3;1H. The van der Waals surface area contributed by atoms with Gasteiger partial charge in [-0.3, -0.25) is 9.48 Å². The maximum Gasteiger partial charge on any atom is 0.276 e. The molecule has 8 heteroatoms. The molecule has 114 valence electrons. The molecule has 0 spiro atoms. The molecule has 1 aliphatic heterocycles. The van der Waals surface area contributed by atoms with Crippen LogP contribution in [0.4, 0.5) is 0 Å². The lowest BCUT2D eigenvalue weighted by Gasteiger charge is -2.26. The number of nitrogens with zero attached hydrogens (tertiary/aromatic N) is 4. The average Bonchev–Trinajstić information content (AvgIpc) is 3.09. The quantitative estimate of drug-likeness (QED) is 0.903. The molecule has 0 bridgehead atoms. The number of carbonyl (C=O) groups excluding carboxylic acids is 1. The molecule has 3 rings (SSSR count). The summed E-state index contributed by atoms with van der Waals surface area (Å²) in [4.78, 5) is 14.0. The summed E-state index contributed by atoms with van der Waals surface area (Å²) in [6, 6.07) is 1.70. The number of nitrogens with one attached hydrogen (secondary N) is 1. The SMILES string of the molecule is Cc1cnn(Cc2cc(C(=O)N3CCNCC3)no2)c1.Cl. The number of rotatable bonds is 3. The number of carbonyl (C=O) groups is 1. The minimum atomic E-state index is -0.0712. The first-order valence-electron chi connectivity index (χ1n) is 6.67. The summed E-state index contributed by atoms with van der Waals surface area (Å²) >= 11 is 0. The van der Waals surface area contributed by atoms with E-state index in [0.29, 0.717) is 31.1 Å². The van der Waals surface area contributed by atoms with Crippen molar-refractivity contribution in [3.05, 3.63) is 35.5 Å². The largest absolute Gasteiger partial charge is 0.359 e. The number of hydrogen-bond acceptors (Lipinski definition) is 5. The van der Waals surface area contributed by atoms with Crippen LogP contribution in [0.1, 0.15) is 21.8 Å². The van der Waals surface area contributed by atoms with Crippen LogP contribution in [0.3, 0.4) is 0 Å². The third-order valence-corrected chi connectivity index (χ3v) is 3.26. The Hall–Kier alpha value is -1.86. The summed E-state index contributed by atoms with van der Waals surface area (Å²) in [5, 5.41) is 11.3. The van der Waals surface area contributed by atoms with Crippen molar-refractivity contribution in [1.82, 2.24) is 25.2 Å². The topological polar surface area (TPSA) is 76.2 Å². The van der Waals surface area contributed by atoms with E-state index >= 15 is 0 Å². The predicted molar refractivity (Wildman–Crippen MR) is 78.6 cm³/mol. The van der Waals surface area contributed by atoms with Crippen molar-refractivity contribution < 1.29 is 9.32 Å². The molecule has 1 saturated heterocycles. The Balaban J connectivity index is 0.00000161. The molecule has 2 aromatic rings. The number of aromatic nitrogens is 3. The van der Waals surface area contributed by atoms with Crippen molar-refractivity contribution in [3.8, 4) is 0 Å². The predicted octanol–water partition coefficient (Wildman–Crippen LogP) is 0.695. The van der Waals surface area contributed by atoms with Crippen LogP contribution < -0.4 is 5.32 Å². The lowest BCUT2D eigenvalue weighted by atomic mass is 10.3. The first-order valence-corrected chi connectivity index (χ1v) is 6.67. The number of aryl methyl sites for hydroxylation is 1. The molecule has 0 saturated carbocycles. The maximum absolute atomic E-state index is 12.2. The van der Waals surface area contributed by atoms with Gasteiger partial charge in [0.2, 0.25) is 0 Å². The monoisotopic (exact) mass is 311 g/mol. The van der Waals surface area contributed by atoms with Gasteiger partial charge in [-0.2, -0.15) is 5.10 Å². The van der Waals surface area contributed by atoms with Crippen molar-refractivity contribution in [2.45, 2.75) is 13.5 Å².